The van der Waals surface area contributed by atoms with Crippen LogP contribution in [0.25, 0.3) is 5.65 Å². The lowest BCUT2D eigenvalue weighted by atomic mass is 9.96. The van der Waals surface area contributed by atoms with Crippen molar-refractivity contribution in [2.75, 3.05) is 11.9 Å². The van der Waals surface area contributed by atoms with Gasteiger partial charge in [0.15, 0.2) is 11.5 Å². The molecule has 6 heteroatoms. The van der Waals surface area contributed by atoms with Gasteiger partial charge in [-0.15, -0.1) is 15.3 Å². The van der Waals surface area contributed by atoms with Gasteiger partial charge in [-0.05, 0) is 37.0 Å². The minimum Gasteiger partial charge on any atom is -0.493 e. The zero-order valence-corrected chi connectivity index (χ0v) is 15.6. The Kier molecular flexibility index (Phi) is 4.26. The van der Waals surface area contributed by atoms with Crippen molar-refractivity contribution in [3.8, 4) is 5.75 Å². The summed E-state index contributed by atoms with van der Waals surface area (Å²) < 4.78 is 7.80. The summed E-state index contributed by atoms with van der Waals surface area (Å²) in [5.74, 6) is 3.33. The molecule has 136 valence electrons. The monoisotopic (exact) mass is 351 g/mol. The second-order valence-corrected chi connectivity index (χ2v) is 7.98. The molecule has 2 aromatic heterocycles. The molecule has 0 amide bonds. The molecule has 0 bridgehead atoms. The van der Waals surface area contributed by atoms with Crippen LogP contribution in [0.5, 0.6) is 5.75 Å². The molecule has 0 unspecified atom stereocenters. The minimum atomic E-state index is -0.117. The first-order valence-corrected chi connectivity index (χ1v) is 9.18. The SMILES string of the molecule is CC(C)(C)c1nnc2ccc(NCc3ccccc3OCC3CC3)nn12. The van der Waals surface area contributed by atoms with E-state index in [4.69, 9.17) is 4.74 Å². The van der Waals surface area contributed by atoms with Crippen LogP contribution in [0.3, 0.4) is 0 Å². The van der Waals surface area contributed by atoms with Crippen molar-refractivity contribution in [3.05, 3.63) is 47.8 Å². The third kappa shape index (κ3) is 3.64. The van der Waals surface area contributed by atoms with Crippen molar-refractivity contribution in [2.24, 2.45) is 5.92 Å². The molecule has 1 aromatic carbocycles. The molecule has 1 saturated carbocycles. The van der Waals surface area contributed by atoms with E-state index < -0.39 is 0 Å². The van der Waals surface area contributed by atoms with E-state index in [0.717, 1.165) is 41.1 Å². The number of anilines is 1. The molecule has 1 aliphatic carbocycles. The molecule has 0 spiro atoms. The average molecular weight is 351 g/mol. The number of benzene rings is 1. The van der Waals surface area contributed by atoms with Crippen LogP contribution in [-0.2, 0) is 12.0 Å². The van der Waals surface area contributed by atoms with Gasteiger partial charge in [0.2, 0.25) is 0 Å². The van der Waals surface area contributed by atoms with Gasteiger partial charge in [-0.25, -0.2) is 0 Å². The van der Waals surface area contributed by atoms with Gasteiger partial charge in [0.25, 0.3) is 0 Å². The fraction of sp³-hybridized carbons (Fsp3) is 0.450. The first-order valence-electron chi connectivity index (χ1n) is 9.18. The highest BCUT2D eigenvalue weighted by atomic mass is 16.5. The fourth-order valence-electron chi connectivity index (χ4n) is 2.82. The van der Waals surface area contributed by atoms with Gasteiger partial charge in [-0.2, -0.15) is 4.52 Å². The molecule has 1 N–H and O–H groups in total. The maximum atomic E-state index is 5.99. The third-order valence-corrected chi connectivity index (χ3v) is 4.54. The molecule has 26 heavy (non-hydrogen) atoms. The van der Waals surface area contributed by atoms with Crippen LogP contribution in [-0.4, -0.2) is 26.4 Å². The van der Waals surface area contributed by atoms with Crippen molar-refractivity contribution < 1.29 is 4.74 Å². The van der Waals surface area contributed by atoms with Gasteiger partial charge in [-0.1, -0.05) is 39.0 Å². The normalized spacial score (nSPS) is 14.6. The average Bonchev–Trinajstić information content (AvgIpc) is 3.34. The summed E-state index contributed by atoms with van der Waals surface area (Å²) in [6.07, 6.45) is 2.58. The van der Waals surface area contributed by atoms with E-state index in [2.05, 4.69) is 47.5 Å². The zero-order chi connectivity index (χ0) is 18.1. The fourth-order valence-corrected chi connectivity index (χ4v) is 2.82. The number of fused-ring (bicyclic) bond motifs is 1. The molecular formula is C20H25N5O. The number of para-hydroxylation sites is 1. The van der Waals surface area contributed by atoms with Crippen LogP contribution in [0.1, 0.15) is 45.0 Å². The zero-order valence-electron chi connectivity index (χ0n) is 15.6. The minimum absolute atomic E-state index is 0.117. The van der Waals surface area contributed by atoms with Crippen LogP contribution < -0.4 is 10.1 Å². The molecule has 1 aliphatic rings. The van der Waals surface area contributed by atoms with E-state index in [9.17, 15) is 0 Å². The van der Waals surface area contributed by atoms with E-state index in [1.54, 1.807) is 0 Å². The highest BCUT2D eigenvalue weighted by Gasteiger charge is 2.23. The number of ether oxygens (including phenoxy) is 1. The lowest BCUT2D eigenvalue weighted by Gasteiger charge is -2.15. The maximum absolute atomic E-state index is 5.99. The lowest BCUT2D eigenvalue weighted by Crippen LogP contribution is -2.17. The first-order chi connectivity index (χ1) is 12.5. The van der Waals surface area contributed by atoms with Crippen molar-refractivity contribution in [1.82, 2.24) is 19.8 Å². The molecule has 4 rings (SSSR count). The van der Waals surface area contributed by atoms with E-state index in [1.165, 1.54) is 12.8 Å². The van der Waals surface area contributed by atoms with Crippen LogP contribution in [0.4, 0.5) is 5.82 Å². The smallest absolute Gasteiger partial charge is 0.178 e. The third-order valence-electron chi connectivity index (χ3n) is 4.54. The quantitative estimate of drug-likeness (QED) is 0.731. The first kappa shape index (κ1) is 16.8. The van der Waals surface area contributed by atoms with Crippen LogP contribution in [0, 0.1) is 5.92 Å². The van der Waals surface area contributed by atoms with Gasteiger partial charge in [0.1, 0.15) is 11.6 Å². The number of hydrogen-bond donors (Lipinski definition) is 1. The van der Waals surface area contributed by atoms with Crippen molar-refractivity contribution in [2.45, 2.75) is 45.6 Å². The molecule has 3 aromatic rings. The highest BCUT2D eigenvalue weighted by Crippen LogP contribution is 2.30. The predicted molar refractivity (Wildman–Crippen MR) is 101 cm³/mol. The summed E-state index contributed by atoms with van der Waals surface area (Å²) in [6.45, 7) is 7.80. The molecule has 0 aliphatic heterocycles. The van der Waals surface area contributed by atoms with Crippen LogP contribution >= 0.6 is 0 Å². The Balaban J connectivity index is 1.51. The van der Waals surface area contributed by atoms with E-state index in [-0.39, 0.29) is 5.41 Å². The molecule has 0 radical (unpaired) electrons. The highest BCUT2D eigenvalue weighted by molar-refractivity contribution is 5.45. The van der Waals surface area contributed by atoms with Gasteiger partial charge < -0.3 is 10.1 Å². The number of aromatic nitrogens is 4. The Hall–Kier alpha value is -2.63. The van der Waals surface area contributed by atoms with Crippen LogP contribution in [0.2, 0.25) is 0 Å². The summed E-state index contributed by atoms with van der Waals surface area (Å²) in [7, 11) is 0. The molecule has 1 fully saturated rings. The summed E-state index contributed by atoms with van der Waals surface area (Å²) in [5.41, 5.74) is 1.78. The standard InChI is InChI=1S/C20H25N5O/c1-20(2,3)19-23-22-18-11-10-17(24-25(18)19)21-12-15-6-4-5-7-16(15)26-13-14-8-9-14/h4-7,10-11,14H,8-9,12-13H2,1-3H3,(H,21,24). The Bertz CT molecular complexity index is 908. The van der Waals surface area contributed by atoms with Gasteiger partial charge in [0.05, 0.1) is 6.61 Å². The molecule has 0 saturated heterocycles. The van der Waals surface area contributed by atoms with Gasteiger partial charge in [0, 0.05) is 17.5 Å². The Morgan fingerprint density at radius 3 is 2.69 bits per heavy atom. The Labute approximate surface area is 153 Å². The number of hydrogen-bond acceptors (Lipinski definition) is 5. The summed E-state index contributed by atoms with van der Waals surface area (Å²) >= 11 is 0. The summed E-state index contributed by atoms with van der Waals surface area (Å²) in [4.78, 5) is 0. The second-order valence-electron chi connectivity index (χ2n) is 7.98. The second kappa shape index (κ2) is 6.59. The molecule has 2 heterocycles. The van der Waals surface area contributed by atoms with Gasteiger partial charge in [-0.3, -0.25) is 0 Å². The topological polar surface area (TPSA) is 64.3 Å². The van der Waals surface area contributed by atoms with Crippen molar-refractivity contribution in [3.63, 3.8) is 0 Å². The molecular weight excluding hydrogens is 326 g/mol. The Morgan fingerprint density at radius 2 is 1.92 bits per heavy atom. The largest absolute Gasteiger partial charge is 0.493 e. The van der Waals surface area contributed by atoms with Crippen molar-refractivity contribution in [1.29, 1.82) is 0 Å². The van der Waals surface area contributed by atoms with Crippen LogP contribution in [0.15, 0.2) is 36.4 Å². The Morgan fingerprint density at radius 1 is 1.12 bits per heavy atom. The number of rotatable bonds is 6. The van der Waals surface area contributed by atoms with E-state index in [0.29, 0.717) is 6.54 Å². The van der Waals surface area contributed by atoms with E-state index >= 15 is 0 Å². The van der Waals surface area contributed by atoms with Crippen molar-refractivity contribution >= 4 is 11.5 Å². The molecule has 0 atom stereocenters. The predicted octanol–water partition coefficient (Wildman–Crippen LogP) is 3.82. The molecule has 6 nitrogen and oxygen atoms in total. The van der Waals surface area contributed by atoms with Gasteiger partial charge >= 0.3 is 0 Å². The van der Waals surface area contributed by atoms with E-state index in [1.807, 2.05) is 34.8 Å². The number of nitrogens with zero attached hydrogens (tertiary/aromatic N) is 4. The maximum Gasteiger partial charge on any atom is 0.178 e. The number of nitrogens with one attached hydrogen (secondary N) is 1. The summed E-state index contributed by atoms with van der Waals surface area (Å²) in [6, 6.07) is 12.1. The summed E-state index contributed by atoms with van der Waals surface area (Å²) in [5, 5.41) is 16.6. The lowest BCUT2D eigenvalue weighted by molar-refractivity contribution is 0.297.